The quantitative estimate of drug-likeness (QED) is 0.515. The number of hydrogen-bond acceptors (Lipinski definition) is 5. The highest BCUT2D eigenvalue weighted by molar-refractivity contribution is 5.91. The van der Waals surface area contributed by atoms with Gasteiger partial charge in [-0.2, -0.15) is 10.1 Å². The third-order valence-corrected chi connectivity index (χ3v) is 4.94. The molecule has 134 valence electrons. The Balaban J connectivity index is 1.46. The molecule has 2 heterocycles. The molecular weight excluding hydrogens is 336 g/mol. The fraction of sp³-hybridized carbons (Fsp3) is 0.190. The number of aromatic amines is 1. The first kappa shape index (κ1) is 15.8. The van der Waals surface area contributed by atoms with E-state index in [9.17, 15) is 0 Å². The Kier molecular flexibility index (Phi) is 3.74. The SMILES string of the molecule is Cc1cc(Nc2nc(NC3Cc4ccccc4C3)nc3ccccc23)n[nH]1. The van der Waals surface area contributed by atoms with E-state index >= 15 is 0 Å². The maximum Gasteiger partial charge on any atom is 0.225 e. The minimum absolute atomic E-state index is 0.309. The van der Waals surface area contributed by atoms with E-state index in [4.69, 9.17) is 9.97 Å². The van der Waals surface area contributed by atoms with Gasteiger partial charge < -0.3 is 10.6 Å². The molecule has 0 unspecified atom stereocenters. The Labute approximate surface area is 157 Å². The number of aryl methyl sites for hydroxylation is 1. The Morgan fingerprint density at radius 3 is 2.44 bits per heavy atom. The number of rotatable bonds is 4. The maximum absolute atomic E-state index is 4.74. The van der Waals surface area contributed by atoms with Gasteiger partial charge in [0.15, 0.2) is 5.82 Å². The predicted octanol–water partition coefficient (Wildman–Crippen LogP) is 3.98. The van der Waals surface area contributed by atoms with Gasteiger partial charge in [0, 0.05) is 23.2 Å². The summed E-state index contributed by atoms with van der Waals surface area (Å²) in [6, 6.07) is 18.9. The molecule has 2 aromatic heterocycles. The lowest BCUT2D eigenvalue weighted by atomic mass is 10.1. The molecule has 0 spiro atoms. The van der Waals surface area contributed by atoms with Crippen LogP contribution in [0.1, 0.15) is 16.8 Å². The van der Waals surface area contributed by atoms with Crippen LogP contribution < -0.4 is 10.6 Å². The zero-order valence-electron chi connectivity index (χ0n) is 15.0. The summed E-state index contributed by atoms with van der Waals surface area (Å²) in [7, 11) is 0. The van der Waals surface area contributed by atoms with E-state index in [1.165, 1.54) is 11.1 Å². The largest absolute Gasteiger partial charge is 0.351 e. The molecule has 4 aromatic rings. The Hall–Kier alpha value is -3.41. The van der Waals surface area contributed by atoms with Crippen molar-refractivity contribution in [1.82, 2.24) is 20.2 Å². The summed E-state index contributed by atoms with van der Waals surface area (Å²) in [5, 5.41) is 15.0. The molecule has 5 rings (SSSR count). The molecule has 1 aliphatic rings. The van der Waals surface area contributed by atoms with Gasteiger partial charge in [-0.05, 0) is 43.0 Å². The minimum atomic E-state index is 0.309. The van der Waals surface area contributed by atoms with Crippen LogP contribution in [0.4, 0.5) is 17.6 Å². The molecule has 0 bridgehead atoms. The van der Waals surface area contributed by atoms with Crippen LogP contribution in [0.25, 0.3) is 10.9 Å². The summed E-state index contributed by atoms with van der Waals surface area (Å²) >= 11 is 0. The van der Waals surface area contributed by atoms with E-state index in [1.54, 1.807) is 0 Å². The van der Waals surface area contributed by atoms with Crippen LogP contribution in [0.15, 0.2) is 54.6 Å². The van der Waals surface area contributed by atoms with Crippen molar-refractivity contribution in [3.05, 3.63) is 71.4 Å². The molecule has 6 heteroatoms. The summed E-state index contributed by atoms with van der Waals surface area (Å²) < 4.78 is 0. The Morgan fingerprint density at radius 2 is 1.70 bits per heavy atom. The zero-order valence-corrected chi connectivity index (χ0v) is 15.0. The first-order valence-electron chi connectivity index (χ1n) is 9.14. The molecule has 0 atom stereocenters. The summed E-state index contributed by atoms with van der Waals surface area (Å²) in [6.45, 7) is 1.97. The number of fused-ring (bicyclic) bond motifs is 2. The lowest BCUT2D eigenvalue weighted by Crippen LogP contribution is -2.21. The van der Waals surface area contributed by atoms with Crippen LogP contribution in [0, 0.1) is 6.92 Å². The highest BCUT2D eigenvalue weighted by Gasteiger charge is 2.22. The summed E-state index contributed by atoms with van der Waals surface area (Å²) in [5.74, 6) is 2.14. The molecular formula is C21H20N6. The minimum Gasteiger partial charge on any atom is -0.351 e. The van der Waals surface area contributed by atoms with E-state index in [2.05, 4.69) is 45.1 Å². The van der Waals surface area contributed by atoms with Crippen molar-refractivity contribution in [2.45, 2.75) is 25.8 Å². The maximum atomic E-state index is 4.74. The van der Waals surface area contributed by atoms with Crippen molar-refractivity contribution >= 4 is 28.5 Å². The molecule has 0 fully saturated rings. The average molecular weight is 356 g/mol. The fourth-order valence-electron chi connectivity index (χ4n) is 3.68. The van der Waals surface area contributed by atoms with E-state index in [0.29, 0.717) is 12.0 Å². The van der Waals surface area contributed by atoms with E-state index < -0.39 is 0 Å². The molecule has 6 nitrogen and oxygen atoms in total. The second-order valence-electron chi connectivity index (χ2n) is 6.99. The number of benzene rings is 2. The normalized spacial score (nSPS) is 13.7. The summed E-state index contributed by atoms with van der Waals surface area (Å²) in [4.78, 5) is 9.46. The lowest BCUT2D eigenvalue weighted by molar-refractivity contribution is 0.763. The van der Waals surface area contributed by atoms with Crippen LogP contribution in [-0.2, 0) is 12.8 Å². The van der Waals surface area contributed by atoms with Crippen LogP contribution in [-0.4, -0.2) is 26.2 Å². The van der Waals surface area contributed by atoms with Crippen molar-refractivity contribution in [2.24, 2.45) is 0 Å². The van der Waals surface area contributed by atoms with Crippen molar-refractivity contribution in [2.75, 3.05) is 10.6 Å². The van der Waals surface area contributed by atoms with Gasteiger partial charge in [0.1, 0.15) is 5.82 Å². The van der Waals surface area contributed by atoms with Gasteiger partial charge in [0.05, 0.1) is 5.52 Å². The van der Waals surface area contributed by atoms with Gasteiger partial charge in [-0.1, -0.05) is 36.4 Å². The van der Waals surface area contributed by atoms with Gasteiger partial charge in [0.2, 0.25) is 5.95 Å². The van der Waals surface area contributed by atoms with Crippen molar-refractivity contribution in [3.8, 4) is 0 Å². The lowest BCUT2D eigenvalue weighted by Gasteiger charge is -2.14. The average Bonchev–Trinajstić information content (AvgIpc) is 3.27. The number of nitrogens with zero attached hydrogens (tertiary/aromatic N) is 3. The number of para-hydroxylation sites is 1. The molecule has 27 heavy (non-hydrogen) atoms. The predicted molar refractivity (Wildman–Crippen MR) is 107 cm³/mol. The highest BCUT2D eigenvalue weighted by atomic mass is 15.2. The van der Waals surface area contributed by atoms with Crippen LogP contribution in [0.5, 0.6) is 0 Å². The third-order valence-electron chi connectivity index (χ3n) is 4.94. The van der Waals surface area contributed by atoms with E-state index in [1.807, 2.05) is 37.3 Å². The number of aromatic nitrogens is 4. The van der Waals surface area contributed by atoms with Crippen LogP contribution in [0.3, 0.4) is 0 Å². The molecule has 0 radical (unpaired) electrons. The van der Waals surface area contributed by atoms with Gasteiger partial charge in [-0.15, -0.1) is 0 Å². The van der Waals surface area contributed by atoms with Gasteiger partial charge in [-0.3, -0.25) is 5.10 Å². The zero-order chi connectivity index (χ0) is 18.2. The van der Waals surface area contributed by atoms with E-state index in [-0.39, 0.29) is 0 Å². The van der Waals surface area contributed by atoms with Gasteiger partial charge >= 0.3 is 0 Å². The molecule has 0 saturated carbocycles. The standard InChI is InChI=1S/C21H20N6/c1-13-10-19(27-26-13)24-20-17-8-4-5-9-18(17)23-21(25-20)22-16-11-14-6-2-3-7-15(14)12-16/h2-10,16H,11-12H2,1H3,(H3,22,23,24,25,26,27). The van der Waals surface area contributed by atoms with Crippen molar-refractivity contribution in [1.29, 1.82) is 0 Å². The Morgan fingerprint density at radius 1 is 0.963 bits per heavy atom. The van der Waals surface area contributed by atoms with Crippen molar-refractivity contribution < 1.29 is 0 Å². The number of hydrogen-bond donors (Lipinski definition) is 3. The Bertz CT molecular complexity index is 1090. The summed E-state index contributed by atoms with van der Waals surface area (Å²) in [6.07, 6.45) is 1.99. The summed E-state index contributed by atoms with van der Waals surface area (Å²) in [5.41, 5.74) is 4.71. The molecule has 1 aliphatic carbocycles. The number of nitrogens with one attached hydrogen (secondary N) is 3. The first-order chi connectivity index (χ1) is 13.2. The first-order valence-corrected chi connectivity index (χ1v) is 9.14. The van der Waals surface area contributed by atoms with Crippen molar-refractivity contribution in [3.63, 3.8) is 0 Å². The monoisotopic (exact) mass is 356 g/mol. The van der Waals surface area contributed by atoms with Gasteiger partial charge in [0.25, 0.3) is 0 Å². The van der Waals surface area contributed by atoms with E-state index in [0.717, 1.165) is 41.1 Å². The third kappa shape index (κ3) is 3.10. The van der Waals surface area contributed by atoms with Gasteiger partial charge in [-0.25, -0.2) is 4.98 Å². The second-order valence-corrected chi connectivity index (χ2v) is 6.99. The molecule has 0 amide bonds. The number of H-pyrrole nitrogens is 1. The second kappa shape index (κ2) is 6.39. The molecule has 3 N–H and O–H groups in total. The molecule has 2 aromatic carbocycles. The van der Waals surface area contributed by atoms with Crippen LogP contribution in [0.2, 0.25) is 0 Å². The highest BCUT2D eigenvalue weighted by Crippen LogP contribution is 2.27. The molecule has 0 saturated heterocycles. The fourth-order valence-corrected chi connectivity index (χ4v) is 3.68. The topological polar surface area (TPSA) is 78.5 Å². The van der Waals surface area contributed by atoms with Crippen LogP contribution >= 0.6 is 0 Å². The number of anilines is 3. The smallest absolute Gasteiger partial charge is 0.225 e. The molecule has 0 aliphatic heterocycles.